The molecule has 0 spiro atoms. The van der Waals surface area contributed by atoms with Crippen LogP contribution in [0.5, 0.6) is 0 Å². The van der Waals surface area contributed by atoms with Crippen molar-refractivity contribution in [1.82, 2.24) is 4.98 Å². The molecule has 0 bridgehead atoms. The molecule has 7 atom stereocenters. The summed E-state index contributed by atoms with van der Waals surface area (Å²) in [7, 11) is 0. The van der Waals surface area contributed by atoms with Crippen molar-refractivity contribution in [2.75, 3.05) is 0 Å². The number of rotatable bonds is 2. The van der Waals surface area contributed by atoms with Crippen LogP contribution in [-0.2, 0) is 19.1 Å². The number of halogens is 1. The summed E-state index contributed by atoms with van der Waals surface area (Å²) < 4.78 is 11.7. The van der Waals surface area contributed by atoms with Crippen molar-refractivity contribution in [2.24, 2.45) is 17.3 Å². The Balaban J connectivity index is 1.85. The van der Waals surface area contributed by atoms with Gasteiger partial charge in [-0.3, -0.25) is 9.59 Å². The van der Waals surface area contributed by atoms with Crippen LogP contribution in [0, 0.1) is 24.2 Å². The molecule has 0 unspecified atom stereocenters. The Morgan fingerprint density at radius 2 is 1.94 bits per heavy atom. The summed E-state index contributed by atoms with van der Waals surface area (Å²) in [6, 6.07) is 0. The number of ketones is 1. The lowest BCUT2D eigenvalue weighted by Crippen LogP contribution is -2.45. The van der Waals surface area contributed by atoms with E-state index in [1.165, 1.54) is 11.3 Å². The molecule has 0 saturated carbocycles. The van der Waals surface area contributed by atoms with Gasteiger partial charge < -0.3 is 19.7 Å². The summed E-state index contributed by atoms with van der Waals surface area (Å²) in [6.45, 7) is 10.7. The Hall–Kier alpha value is -1.32. The smallest absolute Gasteiger partial charge is 0.309 e. The number of carbonyl (C=O) groups excluding carboxylic acids is 2. The van der Waals surface area contributed by atoms with Gasteiger partial charge in [-0.1, -0.05) is 45.7 Å². The third kappa shape index (κ3) is 6.72. The van der Waals surface area contributed by atoms with Gasteiger partial charge in [-0.05, 0) is 38.7 Å². The van der Waals surface area contributed by atoms with Gasteiger partial charge in [0.15, 0.2) is 0 Å². The fourth-order valence-electron chi connectivity index (χ4n) is 4.86. The first kappa shape index (κ1) is 28.3. The average Bonchev–Trinajstić information content (AvgIpc) is 3.22. The summed E-state index contributed by atoms with van der Waals surface area (Å²) in [5.41, 5.74) is -0.904. The Morgan fingerprint density at radius 1 is 1.26 bits per heavy atom. The van der Waals surface area contributed by atoms with Crippen LogP contribution in [0.4, 0.5) is 0 Å². The molecule has 2 N–H and O–H groups in total. The lowest BCUT2D eigenvalue weighted by Gasteiger charge is -2.34. The number of aromatic nitrogens is 1. The molecule has 196 valence electrons. The normalized spacial score (nSPS) is 37.5. The van der Waals surface area contributed by atoms with Crippen molar-refractivity contribution >= 4 is 40.8 Å². The van der Waals surface area contributed by atoms with E-state index in [0.717, 1.165) is 24.3 Å². The van der Waals surface area contributed by atoms with Gasteiger partial charge in [-0.15, -0.1) is 11.3 Å². The third-order valence-corrected chi connectivity index (χ3v) is 8.78. The van der Waals surface area contributed by atoms with Crippen LogP contribution in [-0.4, -0.2) is 57.0 Å². The summed E-state index contributed by atoms with van der Waals surface area (Å²) in [6.07, 6.45) is 1.08. The lowest BCUT2D eigenvalue weighted by molar-refractivity contribution is -0.154. The Morgan fingerprint density at radius 3 is 2.57 bits per heavy atom. The topological polar surface area (TPSA) is 109 Å². The molecule has 2 aliphatic heterocycles. The molecule has 2 fully saturated rings. The second-order valence-electron chi connectivity index (χ2n) is 10.9. The van der Waals surface area contributed by atoms with Gasteiger partial charge in [0.25, 0.3) is 0 Å². The van der Waals surface area contributed by atoms with Gasteiger partial charge in [-0.2, -0.15) is 0 Å². The fraction of sp³-hybridized carbons (Fsp3) is 0.731. The van der Waals surface area contributed by atoms with Crippen LogP contribution in [0.15, 0.2) is 10.4 Å². The zero-order valence-corrected chi connectivity index (χ0v) is 23.0. The van der Waals surface area contributed by atoms with Crippen LogP contribution in [0.25, 0.3) is 6.08 Å². The first-order valence-corrected chi connectivity index (χ1v) is 13.6. The molecule has 7 nitrogen and oxygen atoms in total. The van der Waals surface area contributed by atoms with Crippen LogP contribution in [0.1, 0.15) is 77.4 Å². The Kier molecular flexibility index (Phi) is 8.86. The number of epoxide rings is 1. The molecule has 0 aliphatic carbocycles. The van der Waals surface area contributed by atoms with Gasteiger partial charge in [0.2, 0.25) is 0 Å². The van der Waals surface area contributed by atoms with E-state index in [1.807, 2.05) is 26.2 Å². The highest BCUT2D eigenvalue weighted by Crippen LogP contribution is 2.45. The summed E-state index contributed by atoms with van der Waals surface area (Å²) in [5, 5.41) is 24.8. The lowest BCUT2D eigenvalue weighted by atomic mass is 9.73. The van der Waals surface area contributed by atoms with Crippen LogP contribution in [0.2, 0.25) is 0 Å². The van der Waals surface area contributed by atoms with E-state index in [4.69, 9.17) is 21.1 Å². The van der Waals surface area contributed by atoms with E-state index in [2.05, 4.69) is 4.98 Å². The van der Waals surface area contributed by atoms with Crippen molar-refractivity contribution in [1.29, 1.82) is 0 Å². The van der Waals surface area contributed by atoms with Crippen molar-refractivity contribution in [3.8, 4) is 0 Å². The maximum Gasteiger partial charge on any atom is 0.309 e. The molecule has 2 aliphatic rings. The van der Waals surface area contributed by atoms with Crippen LogP contribution < -0.4 is 0 Å². The summed E-state index contributed by atoms with van der Waals surface area (Å²) in [4.78, 5) is 30.5. The molecular formula is C26H38ClNO6S. The second kappa shape index (κ2) is 11.0. The number of fused-ring (bicyclic) bond motifs is 1. The molecule has 1 aromatic heterocycles. The summed E-state index contributed by atoms with van der Waals surface area (Å²) >= 11 is 8.11. The van der Waals surface area contributed by atoms with E-state index in [0.29, 0.717) is 17.1 Å². The SMILES string of the molecule is Cc1nc(/C=C(\Cl)[C@@H]2C[C@H]3O[C@@]3(C)CCC[C@@H](C)[C@H](O)[C@@H](C)C(=O)C(C)(C)[C@@H](O)CC(=O)O2)cs1. The first-order valence-electron chi connectivity index (χ1n) is 12.3. The first-order chi connectivity index (χ1) is 16.2. The number of aryl methyl sites for hydroxylation is 1. The predicted molar refractivity (Wildman–Crippen MR) is 136 cm³/mol. The van der Waals surface area contributed by atoms with Crippen molar-refractivity contribution in [2.45, 2.75) is 104 Å². The van der Waals surface area contributed by atoms with E-state index >= 15 is 0 Å². The van der Waals surface area contributed by atoms with E-state index in [9.17, 15) is 19.8 Å². The Labute approximate surface area is 216 Å². The number of nitrogens with zero attached hydrogens (tertiary/aromatic N) is 1. The quantitative estimate of drug-likeness (QED) is 0.425. The van der Waals surface area contributed by atoms with E-state index < -0.39 is 35.6 Å². The highest BCUT2D eigenvalue weighted by atomic mass is 35.5. The maximum atomic E-state index is 13.2. The molecule has 0 amide bonds. The van der Waals surface area contributed by atoms with Gasteiger partial charge in [0, 0.05) is 17.7 Å². The molecule has 35 heavy (non-hydrogen) atoms. The highest BCUT2D eigenvalue weighted by Gasteiger charge is 2.53. The Bertz CT molecular complexity index is 961. The number of hydrogen-bond acceptors (Lipinski definition) is 8. The molecule has 0 aromatic carbocycles. The molecule has 1 aromatic rings. The standard InChI is InChI=1S/C26H38ClNO6S/c1-14-8-7-9-26(6)21(34-26)11-19(18(27)10-17-13-35-16(3)28-17)33-22(30)12-20(29)25(4,5)24(32)15(2)23(14)31/h10,13-15,19-21,23,29,31H,7-9,11-12H2,1-6H3/b18-10-/t14-,15-,19+,20+,21-,23+,26+/m1/s1. The van der Waals surface area contributed by atoms with Gasteiger partial charge in [-0.25, -0.2) is 4.98 Å². The van der Waals surface area contributed by atoms with Gasteiger partial charge >= 0.3 is 5.97 Å². The average molecular weight is 528 g/mol. The minimum Gasteiger partial charge on any atom is -0.456 e. The van der Waals surface area contributed by atoms with Crippen molar-refractivity contribution in [3.05, 3.63) is 21.1 Å². The zero-order valence-electron chi connectivity index (χ0n) is 21.4. The molecule has 2 saturated heterocycles. The number of aliphatic hydroxyl groups is 2. The number of carbonyl (C=O) groups is 2. The molecular weight excluding hydrogens is 490 g/mol. The number of Topliss-reactive ketones (excluding diaryl/α,β-unsaturated/α-hetero) is 1. The number of hydrogen-bond donors (Lipinski definition) is 2. The second-order valence-corrected chi connectivity index (χ2v) is 12.4. The predicted octanol–water partition coefficient (Wildman–Crippen LogP) is 4.65. The molecule has 3 rings (SSSR count). The highest BCUT2D eigenvalue weighted by molar-refractivity contribution is 7.09. The number of ether oxygens (including phenoxy) is 2. The van der Waals surface area contributed by atoms with E-state index in [1.54, 1.807) is 26.8 Å². The number of aliphatic hydroxyl groups excluding tert-OH is 2. The molecule has 9 heteroatoms. The number of esters is 1. The largest absolute Gasteiger partial charge is 0.456 e. The monoisotopic (exact) mass is 527 g/mol. The summed E-state index contributed by atoms with van der Waals surface area (Å²) in [5.74, 6) is -1.70. The minimum absolute atomic E-state index is 0.0905. The molecule has 0 radical (unpaired) electrons. The van der Waals surface area contributed by atoms with Crippen LogP contribution in [0.3, 0.4) is 0 Å². The van der Waals surface area contributed by atoms with E-state index in [-0.39, 0.29) is 29.8 Å². The minimum atomic E-state index is -1.27. The van der Waals surface area contributed by atoms with Gasteiger partial charge in [0.05, 0.1) is 51.5 Å². The van der Waals surface area contributed by atoms with Crippen molar-refractivity contribution in [3.63, 3.8) is 0 Å². The number of thiazole rings is 1. The van der Waals surface area contributed by atoms with Crippen LogP contribution >= 0.6 is 22.9 Å². The molecule has 3 heterocycles. The van der Waals surface area contributed by atoms with Gasteiger partial charge in [0.1, 0.15) is 11.9 Å². The third-order valence-electron chi connectivity index (χ3n) is 7.64. The zero-order chi connectivity index (χ0) is 26.1. The number of cyclic esters (lactones) is 1. The fourth-order valence-corrected chi connectivity index (χ4v) is 5.68. The van der Waals surface area contributed by atoms with Crippen molar-refractivity contribution < 1.29 is 29.3 Å². The maximum absolute atomic E-state index is 13.2.